The first-order valence-electron chi connectivity index (χ1n) is 5.68. The van der Waals surface area contributed by atoms with Crippen molar-refractivity contribution in [1.82, 2.24) is 19.6 Å². The molecule has 0 aliphatic carbocycles. The Morgan fingerprint density at radius 2 is 1.44 bits per heavy atom. The highest BCUT2D eigenvalue weighted by Gasteiger charge is 2.26. The van der Waals surface area contributed by atoms with Crippen molar-refractivity contribution in [2.45, 2.75) is 33.9 Å². The third-order valence-corrected chi connectivity index (χ3v) is 2.77. The smallest absolute Gasteiger partial charge is 0.351 e. The standard InChI is InChI=1S/C12H16N4O2/c1-7-5-9(3)15(13-7)11(12(17)18)16-10(4)6-8(2)14-16/h5-6,11H,1-4H3,(H,17,18). The predicted molar refractivity (Wildman–Crippen MR) is 65.5 cm³/mol. The summed E-state index contributed by atoms with van der Waals surface area (Å²) >= 11 is 0. The molecule has 6 heteroatoms. The van der Waals surface area contributed by atoms with Gasteiger partial charge in [0.2, 0.25) is 6.17 Å². The maximum atomic E-state index is 11.5. The number of nitrogens with zero attached hydrogens (tertiary/aromatic N) is 4. The molecule has 0 aromatic carbocycles. The molecule has 0 aliphatic heterocycles. The van der Waals surface area contributed by atoms with Crippen LogP contribution in [0.3, 0.4) is 0 Å². The number of aromatic nitrogens is 4. The highest BCUT2D eigenvalue weighted by Crippen LogP contribution is 2.16. The number of carbonyl (C=O) groups is 1. The zero-order chi connectivity index (χ0) is 13.4. The van der Waals surface area contributed by atoms with Crippen LogP contribution in [-0.2, 0) is 4.79 Å². The van der Waals surface area contributed by atoms with E-state index in [0.717, 1.165) is 22.8 Å². The Bertz CT molecular complexity index is 551. The largest absolute Gasteiger partial charge is 0.478 e. The van der Waals surface area contributed by atoms with Crippen LogP contribution in [0, 0.1) is 27.7 Å². The number of rotatable bonds is 3. The van der Waals surface area contributed by atoms with Crippen LogP contribution in [0.25, 0.3) is 0 Å². The fraction of sp³-hybridized carbons (Fsp3) is 0.417. The summed E-state index contributed by atoms with van der Waals surface area (Å²) in [7, 11) is 0. The second kappa shape index (κ2) is 4.29. The number of aliphatic carboxylic acids is 1. The first-order valence-corrected chi connectivity index (χ1v) is 5.68. The molecule has 0 unspecified atom stereocenters. The SMILES string of the molecule is Cc1cc(C)n(C(C(=O)O)n2nc(C)cc2C)n1. The molecule has 0 atom stereocenters. The summed E-state index contributed by atoms with van der Waals surface area (Å²) in [6, 6.07) is 3.70. The summed E-state index contributed by atoms with van der Waals surface area (Å²) in [6.45, 7) is 7.34. The van der Waals surface area contributed by atoms with Crippen LogP contribution >= 0.6 is 0 Å². The number of aryl methyl sites for hydroxylation is 4. The lowest BCUT2D eigenvalue weighted by Gasteiger charge is -2.17. The molecule has 18 heavy (non-hydrogen) atoms. The second-order valence-electron chi connectivity index (χ2n) is 4.46. The fourth-order valence-corrected chi connectivity index (χ4v) is 2.10. The fourth-order valence-electron chi connectivity index (χ4n) is 2.10. The molecule has 0 radical (unpaired) electrons. The van der Waals surface area contributed by atoms with Gasteiger partial charge in [0.15, 0.2) is 0 Å². The second-order valence-corrected chi connectivity index (χ2v) is 4.46. The maximum Gasteiger partial charge on any atom is 0.351 e. The van der Waals surface area contributed by atoms with Crippen LogP contribution in [0.5, 0.6) is 0 Å². The van der Waals surface area contributed by atoms with Gasteiger partial charge in [-0.05, 0) is 39.8 Å². The molecular weight excluding hydrogens is 232 g/mol. The molecule has 0 saturated heterocycles. The van der Waals surface area contributed by atoms with E-state index in [-0.39, 0.29) is 0 Å². The van der Waals surface area contributed by atoms with Crippen molar-refractivity contribution in [3.8, 4) is 0 Å². The quantitative estimate of drug-likeness (QED) is 0.892. The van der Waals surface area contributed by atoms with E-state index in [2.05, 4.69) is 10.2 Å². The summed E-state index contributed by atoms with van der Waals surface area (Å²) in [5.41, 5.74) is 3.18. The summed E-state index contributed by atoms with van der Waals surface area (Å²) in [4.78, 5) is 11.5. The van der Waals surface area contributed by atoms with Crippen molar-refractivity contribution in [1.29, 1.82) is 0 Å². The number of carboxylic acid groups (broad SMARTS) is 1. The summed E-state index contributed by atoms with van der Waals surface area (Å²) in [5.74, 6) is -0.979. The third kappa shape index (κ3) is 2.01. The van der Waals surface area contributed by atoms with Crippen LogP contribution < -0.4 is 0 Å². The van der Waals surface area contributed by atoms with Crippen LogP contribution in [0.4, 0.5) is 0 Å². The van der Waals surface area contributed by atoms with Crippen molar-refractivity contribution in [2.75, 3.05) is 0 Å². The highest BCUT2D eigenvalue weighted by atomic mass is 16.4. The molecule has 0 aliphatic rings. The van der Waals surface area contributed by atoms with E-state index in [0.29, 0.717) is 0 Å². The first-order chi connectivity index (χ1) is 8.40. The van der Waals surface area contributed by atoms with Gasteiger partial charge in [0.1, 0.15) is 0 Å². The molecule has 0 fully saturated rings. The third-order valence-electron chi connectivity index (χ3n) is 2.77. The Kier molecular flexibility index (Phi) is 2.94. The predicted octanol–water partition coefficient (Wildman–Crippen LogP) is 1.44. The Balaban J connectivity index is 2.57. The van der Waals surface area contributed by atoms with Gasteiger partial charge in [-0.1, -0.05) is 0 Å². The highest BCUT2D eigenvalue weighted by molar-refractivity contribution is 5.71. The molecule has 0 amide bonds. The molecule has 1 N–H and O–H groups in total. The Labute approximate surface area is 105 Å². The minimum Gasteiger partial charge on any atom is -0.478 e. The Hall–Kier alpha value is -2.11. The molecule has 0 bridgehead atoms. The van der Waals surface area contributed by atoms with E-state index < -0.39 is 12.1 Å². The van der Waals surface area contributed by atoms with Gasteiger partial charge in [-0.2, -0.15) is 10.2 Å². The summed E-state index contributed by atoms with van der Waals surface area (Å²) in [6.07, 6.45) is -0.938. The monoisotopic (exact) mass is 248 g/mol. The lowest BCUT2D eigenvalue weighted by Crippen LogP contribution is -2.30. The Morgan fingerprint density at radius 1 is 1.06 bits per heavy atom. The number of carboxylic acids is 1. The lowest BCUT2D eigenvalue weighted by atomic mass is 10.3. The van der Waals surface area contributed by atoms with Crippen molar-refractivity contribution in [3.05, 3.63) is 34.9 Å². The van der Waals surface area contributed by atoms with Crippen LogP contribution in [-0.4, -0.2) is 30.6 Å². The minimum absolute atomic E-state index is 0.792. The molecule has 6 nitrogen and oxygen atoms in total. The minimum atomic E-state index is -0.979. The van der Waals surface area contributed by atoms with Crippen molar-refractivity contribution >= 4 is 5.97 Å². The molecule has 2 aromatic heterocycles. The molecule has 2 heterocycles. The number of hydrogen-bond donors (Lipinski definition) is 1. The zero-order valence-corrected chi connectivity index (χ0v) is 10.9. The van der Waals surface area contributed by atoms with E-state index >= 15 is 0 Å². The summed E-state index contributed by atoms with van der Waals surface area (Å²) in [5, 5.41) is 17.9. The van der Waals surface area contributed by atoms with Gasteiger partial charge in [0.25, 0.3) is 0 Å². The van der Waals surface area contributed by atoms with Crippen molar-refractivity contribution in [2.24, 2.45) is 0 Å². The first kappa shape index (κ1) is 12.3. The average molecular weight is 248 g/mol. The van der Waals surface area contributed by atoms with Crippen molar-refractivity contribution < 1.29 is 9.90 Å². The van der Waals surface area contributed by atoms with Gasteiger partial charge in [0, 0.05) is 11.4 Å². The van der Waals surface area contributed by atoms with Crippen molar-refractivity contribution in [3.63, 3.8) is 0 Å². The van der Waals surface area contributed by atoms with Gasteiger partial charge >= 0.3 is 5.97 Å². The van der Waals surface area contributed by atoms with Gasteiger partial charge < -0.3 is 5.11 Å². The zero-order valence-electron chi connectivity index (χ0n) is 10.9. The van der Waals surface area contributed by atoms with E-state index in [1.165, 1.54) is 9.36 Å². The molecule has 0 spiro atoms. The van der Waals surface area contributed by atoms with Crippen LogP contribution in [0.1, 0.15) is 28.9 Å². The Morgan fingerprint density at radius 3 is 1.67 bits per heavy atom. The topological polar surface area (TPSA) is 72.9 Å². The molecular formula is C12H16N4O2. The maximum absolute atomic E-state index is 11.5. The van der Waals surface area contributed by atoms with Crippen LogP contribution in [0.15, 0.2) is 12.1 Å². The average Bonchev–Trinajstić information content (AvgIpc) is 2.71. The summed E-state index contributed by atoms with van der Waals surface area (Å²) < 4.78 is 2.97. The molecule has 2 aromatic rings. The van der Waals surface area contributed by atoms with E-state index in [4.69, 9.17) is 0 Å². The van der Waals surface area contributed by atoms with E-state index in [1.54, 1.807) is 0 Å². The van der Waals surface area contributed by atoms with Crippen LogP contribution in [0.2, 0.25) is 0 Å². The van der Waals surface area contributed by atoms with Gasteiger partial charge in [-0.3, -0.25) is 0 Å². The molecule has 96 valence electrons. The lowest BCUT2D eigenvalue weighted by molar-refractivity contribution is -0.142. The molecule has 0 saturated carbocycles. The van der Waals surface area contributed by atoms with E-state index in [9.17, 15) is 9.90 Å². The van der Waals surface area contributed by atoms with E-state index in [1.807, 2.05) is 39.8 Å². The normalized spacial score (nSPS) is 11.2. The van der Waals surface area contributed by atoms with Gasteiger partial charge in [-0.15, -0.1) is 0 Å². The van der Waals surface area contributed by atoms with Gasteiger partial charge in [-0.25, -0.2) is 14.2 Å². The van der Waals surface area contributed by atoms with Gasteiger partial charge in [0.05, 0.1) is 11.4 Å². The number of hydrogen-bond acceptors (Lipinski definition) is 3. The molecule has 2 rings (SSSR count).